The van der Waals surface area contributed by atoms with Crippen LogP contribution in [0.5, 0.6) is 5.88 Å². The van der Waals surface area contributed by atoms with Gasteiger partial charge in [-0.15, -0.1) is 10.2 Å². The second-order valence-corrected chi connectivity index (χ2v) is 5.96. The summed E-state index contributed by atoms with van der Waals surface area (Å²) in [5.74, 6) is -0.690. The van der Waals surface area contributed by atoms with E-state index in [0.717, 1.165) is 0 Å². The number of benzene rings is 2. The predicted octanol–water partition coefficient (Wildman–Crippen LogP) is 3.23. The summed E-state index contributed by atoms with van der Waals surface area (Å²) in [6.07, 6.45) is 0. The van der Waals surface area contributed by atoms with E-state index in [1.165, 1.54) is 0 Å². The Hall–Kier alpha value is -2.70. The lowest BCUT2D eigenvalue weighted by atomic mass is 10.2. The molecule has 0 radical (unpaired) electrons. The Labute approximate surface area is 144 Å². The highest BCUT2D eigenvalue weighted by Gasteiger charge is 2.18. The number of nitrogens with zero attached hydrogens (tertiary/aromatic N) is 3. The number of hydrogen-bond donors (Lipinski definition) is 2. The maximum absolute atomic E-state index is 12.0. The first-order chi connectivity index (χ1) is 11.5. The number of para-hydroxylation sites is 1. The van der Waals surface area contributed by atoms with Crippen molar-refractivity contribution in [2.45, 2.75) is 0 Å². The van der Waals surface area contributed by atoms with Gasteiger partial charge in [-0.3, -0.25) is 4.79 Å². The van der Waals surface area contributed by atoms with Crippen LogP contribution >= 0.6 is 23.2 Å². The number of aromatic nitrogens is 1. The molecule has 24 heavy (non-hydrogen) atoms. The highest BCUT2D eigenvalue weighted by molar-refractivity contribution is 6.38. The molecule has 0 spiro atoms. The van der Waals surface area contributed by atoms with Gasteiger partial charge in [-0.05, 0) is 18.2 Å². The maximum atomic E-state index is 12.0. The number of amides is 1. The Morgan fingerprint density at radius 2 is 1.92 bits per heavy atom. The highest BCUT2D eigenvalue weighted by atomic mass is 35.5. The Morgan fingerprint density at radius 1 is 1.12 bits per heavy atom. The van der Waals surface area contributed by atoms with E-state index in [1.807, 2.05) is 0 Å². The van der Waals surface area contributed by atoms with Gasteiger partial charge in [0.15, 0.2) is 11.4 Å². The van der Waals surface area contributed by atoms with Gasteiger partial charge in [-0.2, -0.15) is 0 Å². The molecule has 3 aromatic rings. The zero-order chi connectivity index (χ0) is 16.8. The number of rotatable bonds is 2. The third-order valence-corrected chi connectivity index (χ3v) is 4.13. The van der Waals surface area contributed by atoms with Gasteiger partial charge >= 0.3 is 0 Å². The molecule has 4 rings (SSSR count). The number of carbonyl (C=O) groups is 1. The minimum atomic E-state index is -0.477. The van der Waals surface area contributed by atoms with Crippen molar-refractivity contribution in [2.75, 3.05) is 0 Å². The summed E-state index contributed by atoms with van der Waals surface area (Å²) < 4.78 is 0. The second-order valence-electron chi connectivity index (χ2n) is 5.12. The molecule has 6 nitrogen and oxygen atoms in total. The zero-order valence-corrected chi connectivity index (χ0v) is 13.4. The molecule has 1 amide bonds. The van der Waals surface area contributed by atoms with E-state index >= 15 is 0 Å². The number of halogens is 2. The van der Waals surface area contributed by atoms with Crippen LogP contribution in [0.15, 0.2) is 51.6 Å². The number of azo groups is 1. The van der Waals surface area contributed by atoms with Crippen molar-refractivity contribution in [1.82, 2.24) is 4.98 Å². The van der Waals surface area contributed by atoms with Crippen molar-refractivity contribution < 1.29 is 9.90 Å². The van der Waals surface area contributed by atoms with E-state index in [4.69, 9.17) is 23.2 Å². The standard InChI is InChI=1S/C16H8Cl2N4O2/c17-7-5-9-12(10(18)6-7)20-16(24)14(9)22-21-13-8-3-1-2-4-11(8)19-15(13)23/h1-6,20,24H. The van der Waals surface area contributed by atoms with Gasteiger partial charge in [-0.25, -0.2) is 4.99 Å². The SMILES string of the molecule is O=C1N=c2ccccc2=C1N=Nc1c(O)[nH]c2c(Cl)cc(Cl)cc12. The minimum absolute atomic E-state index is 0.118. The largest absolute Gasteiger partial charge is 0.493 e. The molecule has 1 aliphatic rings. The quantitative estimate of drug-likeness (QED) is 0.688. The van der Waals surface area contributed by atoms with Crippen molar-refractivity contribution in [3.63, 3.8) is 0 Å². The van der Waals surface area contributed by atoms with Crippen molar-refractivity contribution in [3.8, 4) is 5.88 Å². The van der Waals surface area contributed by atoms with Crippen molar-refractivity contribution in [3.05, 3.63) is 57.0 Å². The van der Waals surface area contributed by atoms with Crippen molar-refractivity contribution in [1.29, 1.82) is 0 Å². The summed E-state index contributed by atoms with van der Waals surface area (Å²) in [5, 5.41) is 20.5. The minimum Gasteiger partial charge on any atom is -0.493 e. The number of aromatic amines is 1. The Morgan fingerprint density at radius 3 is 2.75 bits per heavy atom. The van der Waals surface area contributed by atoms with E-state index in [9.17, 15) is 9.90 Å². The van der Waals surface area contributed by atoms with Gasteiger partial charge in [0.1, 0.15) is 0 Å². The van der Waals surface area contributed by atoms with E-state index in [2.05, 4.69) is 20.2 Å². The molecule has 2 heterocycles. The first kappa shape index (κ1) is 14.9. The van der Waals surface area contributed by atoms with Crippen LogP contribution in [0.3, 0.4) is 0 Å². The van der Waals surface area contributed by atoms with Gasteiger partial charge < -0.3 is 10.1 Å². The van der Waals surface area contributed by atoms with Gasteiger partial charge in [0.2, 0.25) is 5.88 Å². The maximum Gasteiger partial charge on any atom is 0.298 e. The zero-order valence-electron chi connectivity index (χ0n) is 11.9. The monoisotopic (exact) mass is 358 g/mol. The van der Waals surface area contributed by atoms with Crippen molar-refractivity contribution in [2.24, 2.45) is 15.2 Å². The molecule has 0 bridgehead atoms. The first-order valence-electron chi connectivity index (χ1n) is 6.88. The lowest BCUT2D eigenvalue weighted by molar-refractivity contribution is -0.112. The van der Waals surface area contributed by atoms with Gasteiger partial charge in [0.05, 0.1) is 15.9 Å². The first-order valence-corrected chi connectivity index (χ1v) is 7.64. The molecule has 118 valence electrons. The molecule has 0 saturated heterocycles. The smallest absolute Gasteiger partial charge is 0.298 e. The molecular weight excluding hydrogens is 351 g/mol. The molecule has 0 aliphatic carbocycles. The highest BCUT2D eigenvalue weighted by Crippen LogP contribution is 2.40. The van der Waals surface area contributed by atoms with Crippen LogP contribution in [0, 0.1) is 0 Å². The third-order valence-electron chi connectivity index (χ3n) is 3.61. The number of fused-ring (bicyclic) bond motifs is 2. The van der Waals surface area contributed by atoms with Crippen LogP contribution < -0.4 is 10.6 Å². The summed E-state index contributed by atoms with van der Waals surface area (Å²) >= 11 is 12.1. The molecule has 8 heteroatoms. The van der Waals surface area contributed by atoms with Crippen LogP contribution in [-0.4, -0.2) is 16.0 Å². The van der Waals surface area contributed by atoms with Crippen molar-refractivity contribution >= 4 is 51.4 Å². The summed E-state index contributed by atoms with van der Waals surface area (Å²) in [6.45, 7) is 0. The molecule has 0 saturated carbocycles. The fourth-order valence-corrected chi connectivity index (χ4v) is 3.08. The summed E-state index contributed by atoms with van der Waals surface area (Å²) in [5.41, 5.74) is 0.756. The number of carbonyl (C=O) groups excluding carboxylic acids is 1. The predicted molar refractivity (Wildman–Crippen MR) is 90.1 cm³/mol. The topological polar surface area (TPSA) is 90.2 Å². The summed E-state index contributed by atoms with van der Waals surface area (Å²) in [4.78, 5) is 18.6. The molecule has 2 aromatic carbocycles. The summed E-state index contributed by atoms with van der Waals surface area (Å²) in [6, 6.07) is 10.2. The van der Waals surface area contributed by atoms with E-state index < -0.39 is 5.91 Å². The Bertz CT molecular complexity index is 1160. The average molecular weight is 359 g/mol. The molecule has 0 unspecified atom stereocenters. The normalized spacial score (nSPS) is 13.8. The molecule has 1 aromatic heterocycles. The Balaban J connectivity index is 1.90. The molecule has 0 atom stereocenters. The van der Waals surface area contributed by atoms with Gasteiger partial charge in [-0.1, -0.05) is 41.4 Å². The molecule has 1 aliphatic heterocycles. The number of aromatic hydroxyl groups is 1. The second kappa shape index (κ2) is 5.43. The number of H-pyrrole nitrogens is 1. The fourth-order valence-electron chi connectivity index (χ4n) is 2.54. The van der Waals surface area contributed by atoms with Gasteiger partial charge in [0.25, 0.3) is 5.91 Å². The van der Waals surface area contributed by atoms with Crippen LogP contribution in [0.25, 0.3) is 16.6 Å². The van der Waals surface area contributed by atoms with E-state index in [0.29, 0.717) is 31.5 Å². The number of nitrogens with one attached hydrogen (secondary N) is 1. The van der Waals surface area contributed by atoms with E-state index in [-0.39, 0.29) is 17.3 Å². The van der Waals surface area contributed by atoms with E-state index in [1.54, 1.807) is 36.4 Å². The third kappa shape index (κ3) is 2.28. The van der Waals surface area contributed by atoms with Crippen LogP contribution in [0.2, 0.25) is 10.0 Å². The van der Waals surface area contributed by atoms with Gasteiger partial charge in [0, 0.05) is 15.6 Å². The molecular formula is C16H8Cl2N4O2. The molecule has 2 N–H and O–H groups in total. The lowest BCUT2D eigenvalue weighted by Gasteiger charge is -1.96. The van der Waals surface area contributed by atoms with Crippen LogP contribution in [-0.2, 0) is 4.79 Å². The number of hydrogen-bond acceptors (Lipinski definition) is 4. The average Bonchev–Trinajstić information content (AvgIpc) is 3.02. The lowest BCUT2D eigenvalue weighted by Crippen LogP contribution is -2.21. The van der Waals surface area contributed by atoms with Crippen LogP contribution in [0.1, 0.15) is 0 Å². The summed E-state index contributed by atoms with van der Waals surface area (Å²) in [7, 11) is 0. The van der Waals surface area contributed by atoms with Crippen LogP contribution in [0.4, 0.5) is 5.69 Å². The fraction of sp³-hybridized carbons (Fsp3) is 0. The Kier molecular flexibility index (Phi) is 3.37. The molecule has 0 fully saturated rings.